The van der Waals surface area contributed by atoms with Crippen LogP contribution in [0.1, 0.15) is 72.5 Å². The topological polar surface area (TPSA) is 95.3 Å². The van der Waals surface area contributed by atoms with Crippen LogP contribution >= 0.6 is 0 Å². The third-order valence-corrected chi connectivity index (χ3v) is 10.8. The average Bonchev–Trinajstić information content (AvgIpc) is 3.35. The van der Waals surface area contributed by atoms with Crippen molar-refractivity contribution in [1.82, 2.24) is 0 Å². The van der Waals surface area contributed by atoms with Gasteiger partial charge in [-0.3, -0.25) is 9.59 Å². The van der Waals surface area contributed by atoms with E-state index in [0.29, 0.717) is 12.8 Å². The predicted molar refractivity (Wildman–Crippen MR) is 124 cm³/mol. The molecule has 0 radical (unpaired) electrons. The third-order valence-electron chi connectivity index (χ3n) is 10.8. The van der Waals surface area contributed by atoms with E-state index in [1.807, 2.05) is 12.1 Å². The van der Waals surface area contributed by atoms with Crippen LogP contribution in [0.3, 0.4) is 0 Å². The molecule has 2 saturated heterocycles. The number of carbonyl (C=O) groups is 3. The van der Waals surface area contributed by atoms with Crippen molar-refractivity contribution in [2.75, 3.05) is 0 Å². The Balaban J connectivity index is 1.56. The standard InChI is InChI=1S/C28H34O7/c1-15(29)33-20-13-18-24(2,3)10-8-19(30)26(18,5)17-7-11-25(4)21(16-9-12-32-14-16)34-23(31)22-28(25,35-22)27(17,20)6/h8-10,12,14,17-18,20-22H,7,11,13H2,1-6H3/t17?,18?,20-,21?,22?,25+,26-,27+,28?/m1/s1. The number of esters is 2. The quantitative estimate of drug-likeness (QED) is 0.450. The Morgan fingerprint density at radius 3 is 2.49 bits per heavy atom. The number of hydrogen-bond donors (Lipinski definition) is 0. The number of ketones is 1. The van der Waals surface area contributed by atoms with Crippen molar-refractivity contribution in [3.63, 3.8) is 0 Å². The van der Waals surface area contributed by atoms with E-state index in [4.69, 9.17) is 18.6 Å². The zero-order valence-corrected chi connectivity index (χ0v) is 21.3. The van der Waals surface area contributed by atoms with Crippen molar-refractivity contribution in [3.05, 3.63) is 36.3 Å². The summed E-state index contributed by atoms with van der Waals surface area (Å²) in [7, 11) is 0. The van der Waals surface area contributed by atoms with Crippen LogP contribution in [0.15, 0.2) is 35.2 Å². The highest BCUT2D eigenvalue weighted by Gasteiger charge is 2.88. The van der Waals surface area contributed by atoms with Gasteiger partial charge in [0.15, 0.2) is 11.9 Å². The fourth-order valence-electron chi connectivity index (χ4n) is 9.22. The first kappa shape index (κ1) is 23.0. The summed E-state index contributed by atoms with van der Waals surface area (Å²) in [6.45, 7) is 12.0. The van der Waals surface area contributed by atoms with Gasteiger partial charge in [-0.25, -0.2) is 4.79 Å². The predicted octanol–water partition coefficient (Wildman–Crippen LogP) is 4.56. The molecule has 5 unspecified atom stereocenters. The molecule has 3 heterocycles. The summed E-state index contributed by atoms with van der Waals surface area (Å²) in [6, 6.07) is 1.83. The van der Waals surface area contributed by atoms with Gasteiger partial charge in [0.1, 0.15) is 17.8 Å². The van der Waals surface area contributed by atoms with Gasteiger partial charge >= 0.3 is 11.9 Å². The van der Waals surface area contributed by atoms with Gasteiger partial charge in [-0.15, -0.1) is 0 Å². The lowest BCUT2D eigenvalue weighted by atomic mass is 9.35. The summed E-state index contributed by atoms with van der Waals surface area (Å²) in [6.07, 6.45) is 7.12. The molecule has 1 aromatic heterocycles. The van der Waals surface area contributed by atoms with Crippen molar-refractivity contribution in [2.24, 2.45) is 33.5 Å². The van der Waals surface area contributed by atoms with Gasteiger partial charge in [0, 0.05) is 28.7 Å². The SMILES string of the molecule is CC(=O)O[C@@H]1CC2C(C)(C)C=CC(=O)[C@]2(C)C2CC[C@@]3(C)C(c4ccoc4)OC(=O)C4OC43[C@@]21C. The molecule has 0 aromatic carbocycles. The maximum Gasteiger partial charge on any atom is 0.339 e. The van der Waals surface area contributed by atoms with Crippen LogP contribution in [0.2, 0.25) is 0 Å². The van der Waals surface area contributed by atoms with Crippen LogP contribution < -0.4 is 0 Å². The molecule has 35 heavy (non-hydrogen) atoms. The molecule has 7 heteroatoms. The number of epoxide rings is 1. The summed E-state index contributed by atoms with van der Waals surface area (Å²) >= 11 is 0. The van der Waals surface area contributed by atoms with Crippen molar-refractivity contribution in [1.29, 1.82) is 0 Å². The van der Waals surface area contributed by atoms with Crippen LogP contribution in [0, 0.1) is 33.5 Å². The molecule has 2 aliphatic heterocycles. The first-order valence-corrected chi connectivity index (χ1v) is 12.7. The van der Waals surface area contributed by atoms with E-state index in [1.165, 1.54) is 6.92 Å². The number of fused-ring (bicyclic) bond motifs is 3. The summed E-state index contributed by atoms with van der Waals surface area (Å²) in [5.41, 5.74) is -2.37. The van der Waals surface area contributed by atoms with Crippen molar-refractivity contribution < 1.29 is 33.0 Å². The monoisotopic (exact) mass is 482 g/mol. The van der Waals surface area contributed by atoms with Gasteiger partial charge in [-0.05, 0) is 48.7 Å². The van der Waals surface area contributed by atoms with E-state index >= 15 is 0 Å². The highest BCUT2D eigenvalue weighted by molar-refractivity contribution is 5.96. The molecule has 9 atom stereocenters. The van der Waals surface area contributed by atoms with Gasteiger partial charge in [0.25, 0.3) is 0 Å². The second-order valence-corrected chi connectivity index (χ2v) is 12.6. The Bertz CT molecular complexity index is 1150. The minimum absolute atomic E-state index is 0.00639. The molecular formula is C28H34O7. The van der Waals surface area contributed by atoms with Gasteiger partial charge in [-0.2, -0.15) is 0 Å². The number of furan rings is 1. The fraction of sp³-hybridized carbons (Fsp3) is 0.679. The number of rotatable bonds is 2. The first-order valence-electron chi connectivity index (χ1n) is 12.7. The van der Waals surface area contributed by atoms with E-state index in [2.05, 4.69) is 34.6 Å². The largest absolute Gasteiger partial charge is 0.472 e. The normalized spacial score (nSPS) is 49.1. The lowest BCUT2D eigenvalue weighted by molar-refractivity contribution is -0.253. The molecule has 6 rings (SSSR count). The van der Waals surface area contributed by atoms with E-state index in [1.54, 1.807) is 18.6 Å². The van der Waals surface area contributed by atoms with Crippen molar-refractivity contribution in [3.8, 4) is 0 Å². The fourth-order valence-corrected chi connectivity index (χ4v) is 9.22. The van der Waals surface area contributed by atoms with E-state index < -0.39 is 46.1 Å². The maximum absolute atomic E-state index is 13.7. The summed E-state index contributed by atoms with van der Waals surface area (Å²) in [5, 5.41) is 0. The number of hydrogen-bond acceptors (Lipinski definition) is 7. The number of carbonyl (C=O) groups excluding carboxylic acids is 3. The summed E-state index contributed by atoms with van der Waals surface area (Å²) < 4.78 is 23.9. The Morgan fingerprint density at radius 2 is 1.83 bits per heavy atom. The van der Waals surface area contributed by atoms with Crippen LogP contribution in [-0.2, 0) is 28.6 Å². The summed E-state index contributed by atoms with van der Waals surface area (Å²) in [5.74, 6) is -0.794. The second-order valence-electron chi connectivity index (χ2n) is 12.6. The average molecular weight is 483 g/mol. The van der Waals surface area contributed by atoms with Crippen LogP contribution in [0.25, 0.3) is 0 Å². The smallest absolute Gasteiger partial charge is 0.339 e. The van der Waals surface area contributed by atoms with E-state index in [0.717, 1.165) is 12.0 Å². The Kier molecular flexibility index (Phi) is 4.38. The van der Waals surface area contributed by atoms with Gasteiger partial charge in [0.2, 0.25) is 0 Å². The number of ether oxygens (including phenoxy) is 3. The molecule has 5 aliphatic rings. The molecule has 188 valence electrons. The van der Waals surface area contributed by atoms with Crippen LogP contribution in [0.4, 0.5) is 0 Å². The van der Waals surface area contributed by atoms with E-state index in [9.17, 15) is 14.4 Å². The molecule has 0 amide bonds. The van der Waals surface area contributed by atoms with Crippen LogP contribution in [-0.4, -0.2) is 35.5 Å². The molecule has 4 fully saturated rings. The molecular weight excluding hydrogens is 448 g/mol. The highest BCUT2D eigenvalue weighted by Crippen LogP contribution is 2.79. The van der Waals surface area contributed by atoms with E-state index in [-0.39, 0.29) is 29.0 Å². The Labute approximate surface area is 205 Å². The third kappa shape index (κ3) is 2.48. The zero-order valence-electron chi connectivity index (χ0n) is 21.3. The molecule has 7 nitrogen and oxygen atoms in total. The minimum Gasteiger partial charge on any atom is -0.472 e. The Hall–Kier alpha value is -2.41. The van der Waals surface area contributed by atoms with Crippen molar-refractivity contribution in [2.45, 2.75) is 84.7 Å². The number of cyclic esters (lactones) is 1. The number of allylic oxidation sites excluding steroid dienone is 2. The molecule has 2 saturated carbocycles. The molecule has 0 bridgehead atoms. The maximum atomic E-state index is 13.7. The zero-order chi connectivity index (χ0) is 25.2. The minimum atomic E-state index is -0.917. The van der Waals surface area contributed by atoms with Crippen molar-refractivity contribution >= 4 is 17.7 Å². The molecule has 3 aliphatic carbocycles. The van der Waals surface area contributed by atoms with Gasteiger partial charge in [0.05, 0.1) is 12.5 Å². The van der Waals surface area contributed by atoms with Gasteiger partial charge < -0.3 is 18.6 Å². The molecule has 1 aromatic rings. The highest BCUT2D eigenvalue weighted by atomic mass is 16.7. The van der Waals surface area contributed by atoms with Crippen LogP contribution in [0.5, 0.6) is 0 Å². The first-order chi connectivity index (χ1) is 16.3. The molecule has 0 N–H and O–H groups in total. The second kappa shape index (κ2) is 6.67. The lowest BCUT2D eigenvalue weighted by Crippen LogP contribution is -2.73. The van der Waals surface area contributed by atoms with Gasteiger partial charge in [-0.1, -0.05) is 40.7 Å². The summed E-state index contributed by atoms with van der Waals surface area (Å²) in [4.78, 5) is 39.4. The Morgan fingerprint density at radius 1 is 1.09 bits per heavy atom. The lowest BCUT2D eigenvalue weighted by Gasteiger charge is -2.68. The molecule has 1 spiro atoms.